The van der Waals surface area contributed by atoms with Gasteiger partial charge in [-0.3, -0.25) is 4.79 Å². The molecule has 1 saturated carbocycles. The maximum Gasteiger partial charge on any atom is 0.226 e. The number of hydrogen-bond donors (Lipinski definition) is 1. The molecule has 3 atom stereocenters. The van der Waals surface area contributed by atoms with Crippen LogP contribution in [0.2, 0.25) is 0 Å². The highest BCUT2D eigenvalue weighted by Gasteiger charge is 2.38. The third-order valence-corrected chi connectivity index (χ3v) is 5.23. The summed E-state index contributed by atoms with van der Waals surface area (Å²) < 4.78 is 0. The SMILES string of the molecule is CCC1(C)CCCN(C(=O)[C@@H]2CCC[C@@H]2CN)C1.Cl. The van der Waals surface area contributed by atoms with Crippen molar-refractivity contribution in [2.24, 2.45) is 23.0 Å². The fraction of sp³-hybridized carbons (Fsp3) is 0.933. The summed E-state index contributed by atoms with van der Waals surface area (Å²) in [5, 5.41) is 0. The maximum absolute atomic E-state index is 12.6. The lowest BCUT2D eigenvalue weighted by Crippen LogP contribution is -2.47. The molecule has 0 aromatic heterocycles. The van der Waals surface area contributed by atoms with E-state index < -0.39 is 0 Å². The number of nitrogens with zero attached hydrogens (tertiary/aromatic N) is 1. The Kier molecular flexibility index (Phi) is 6.13. The van der Waals surface area contributed by atoms with Gasteiger partial charge < -0.3 is 10.6 Å². The minimum absolute atomic E-state index is 0. The molecule has 2 N–H and O–H groups in total. The number of piperidine rings is 1. The number of hydrogen-bond acceptors (Lipinski definition) is 2. The van der Waals surface area contributed by atoms with Crippen molar-refractivity contribution < 1.29 is 4.79 Å². The zero-order valence-electron chi connectivity index (χ0n) is 12.4. The number of amides is 1. The average molecular weight is 289 g/mol. The van der Waals surface area contributed by atoms with E-state index in [1.807, 2.05) is 0 Å². The molecule has 2 fully saturated rings. The monoisotopic (exact) mass is 288 g/mol. The second-order valence-corrected chi connectivity index (χ2v) is 6.56. The van der Waals surface area contributed by atoms with E-state index in [1.54, 1.807) is 0 Å². The van der Waals surface area contributed by atoms with Crippen molar-refractivity contribution in [3.63, 3.8) is 0 Å². The van der Waals surface area contributed by atoms with Crippen LogP contribution in [0, 0.1) is 17.3 Å². The largest absolute Gasteiger partial charge is 0.342 e. The zero-order valence-corrected chi connectivity index (χ0v) is 13.2. The smallest absolute Gasteiger partial charge is 0.226 e. The van der Waals surface area contributed by atoms with Crippen molar-refractivity contribution in [1.82, 2.24) is 4.90 Å². The summed E-state index contributed by atoms with van der Waals surface area (Å²) in [6.45, 7) is 7.15. The Bertz CT molecular complexity index is 311. The molecule has 1 saturated heterocycles. The quantitative estimate of drug-likeness (QED) is 0.868. The lowest BCUT2D eigenvalue weighted by Gasteiger charge is -2.41. The third-order valence-electron chi connectivity index (χ3n) is 5.23. The number of halogens is 1. The van der Waals surface area contributed by atoms with Crippen LogP contribution in [0.15, 0.2) is 0 Å². The van der Waals surface area contributed by atoms with Crippen LogP contribution in [0.4, 0.5) is 0 Å². The van der Waals surface area contributed by atoms with Gasteiger partial charge in [-0.05, 0) is 50.0 Å². The summed E-state index contributed by atoms with van der Waals surface area (Å²) in [5.74, 6) is 1.05. The van der Waals surface area contributed by atoms with Crippen LogP contribution in [-0.4, -0.2) is 30.4 Å². The summed E-state index contributed by atoms with van der Waals surface area (Å²) in [5.41, 5.74) is 6.14. The molecule has 0 aromatic rings. The fourth-order valence-corrected chi connectivity index (χ4v) is 3.67. The summed E-state index contributed by atoms with van der Waals surface area (Å²) >= 11 is 0. The molecule has 0 radical (unpaired) electrons. The van der Waals surface area contributed by atoms with Gasteiger partial charge in [-0.15, -0.1) is 12.4 Å². The molecule has 0 aromatic carbocycles. The molecule has 3 nitrogen and oxygen atoms in total. The van der Waals surface area contributed by atoms with Crippen LogP contribution >= 0.6 is 12.4 Å². The second kappa shape index (κ2) is 6.94. The van der Waals surface area contributed by atoms with E-state index in [2.05, 4.69) is 18.7 Å². The first-order valence-corrected chi connectivity index (χ1v) is 7.58. The molecule has 2 rings (SSSR count). The normalized spacial score (nSPS) is 35.0. The first-order chi connectivity index (χ1) is 8.59. The minimum Gasteiger partial charge on any atom is -0.342 e. The second-order valence-electron chi connectivity index (χ2n) is 6.56. The van der Waals surface area contributed by atoms with Crippen LogP contribution in [0.3, 0.4) is 0 Å². The van der Waals surface area contributed by atoms with Crippen LogP contribution in [-0.2, 0) is 4.79 Å². The number of rotatable bonds is 3. The van der Waals surface area contributed by atoms with Gasteiger partial charge in [-0.1, -0.05) is 20.3 Å². The number of likely N-dealkylation sites (tertiary alicyclic amines) is 1. The molecule has 0 spiro atoms. The number of carbonyl (C=O) groups excluding carboxylic acids is 1. The van der Waals surface area contributed by atoms with Crippen molar-refractivity contribution in [3.8, 4) is 0 Å². The van der Waals surface area contributed by atoms with Gasteiger partial charge in [0, 0.05) is 19.0 Å². The molecule has 1 heterocycles. The van der Waals surface area contributed by atoms with Gasteiger partial charge in [0.15, 0.2) is 0 Å². The predicted molar refractivity (Wildman–Crippen MR) is 81.3 cm³/mol. The van der Waals surface area contributed by atoms with Crippen molar-refractivity contribution in [3.05, 3.63) is 0 Å². The lowest BCUT2D eigenvalue weighted by atomic mass is 9.79. The first kappa shape index (κ1) is 16.8. The predicted octanol–water partition coefficient (Wildman–Crippen LogP) is 2.82. The molecule has 1 unspecified atom stereocenters. The molecular formula is C15H29ClN2O. The van der Waals surface area contributed by atoms with Crippen LogP contribution in [0.1, 0.15) is 52.4 Å². The van der Waals surface area contributed by atoms with Crippen molar-refractivity contribution >= 4 is 18.3 Å². The van der Waals surface area contributed by atoms with E-state index in [1.165, 1.54) is 19.3 Å². The van der Waals surface area contributed by atoms with Gasteiger partial charge in [0.2, 0.25) is 5.91 Å². The Morgan fingerprint density at radius 1 is 1.37 bits per heavy atom. The lowest BCUT2D eigenvalue weighted by molar-refractivity contribution is -0.140. The van der Waals surface area contributed by atoms with Crippen LogP contribution in [0.5, 0.6) is 0 Å². The van der Waals surface area contributed by atoms with Gasteiger partial charge in [-0.2, -0.15) is 0 Å². The molecule has 0 bridgehead atoms. The van der Waals surface area contributed by atoms with Crippen molar-refractivity contribution in [2.45, 2.75) is 52.4 Å². The van der Waals surface area contributed by atoms with Crippen LogP contribution < -0.4 is 5.73 Å². The highest BCUT2D eigenvalue weighted by molar-refractivity contribution is 5.85. The molecule has 19 heavy (non-hydrogen) atoms. The fourth-order valence-electron chi connectivity index (χ4n) is 3.67. The Balaban J connectivity index is 0.00000180. The standard InChI is InChI=1S/C15H28N2O.ClH/c1-3-15(2)8-5-9-17(11-15)14(18)13-7-4-6-12(13)10-16;/h12-13H,3-11,16H2,1-2H3;1H/t12-,13-,15?;/m1./s1. The molecule has 1 aliphatic carbocycles. The molecule has 2 aliphatic rings. The van der Waals surface area contributed by atoms with E-state index in [0.29, 0.717) is 23.8 Å². The van der Waals surface area contributed by atoms with E-state index in [9.17, 15) is 4.79 Å². The van der Waals surface area contributed by atoms with Gasteiger partial charge in [0.1, 0.15) is 0 Å². The Labute approximate surface area is 123 Å². The summed E-state index contributed by atoms with van der Waals surface area (Å²) in [4.78, 5) is 14.8. The van der Waals surface area contributed by atoms with Gasteiger partial charge in [0.25, 0.3) is 0 Å². The van der Waals surface area contributed by atoms with E-state index in [-0.39, 0.29) is 18.3 Å². The first-order valence-electron chi connectivity index (χ1n) is 7.58. The van der Waals surface area contributed by atoms with Gasteiger partial charge >= 0.3 is 0 Å². The van der Waals surface area contributed by atoms with Crippen molar-refractivity contribution in [2.75, 3.05) is 19.6 Å². The molecule has 1 amide bonds. The van der Waals surface area contributed by atoms with Gasteiger partial charge in [-0.25, -0.2) is 0 Å². The minimum atomic E-state index is 0. The summed E-state index contributed by atoms with van der Waals surface area (Å²) in [6, 6.07) is 0. The van der Waals surface area contributed by atoms with Crippen LogP contribution in [0.25, 0.3) is 0 Å². The van der Waals surface area contributed by atoms with Crippen molar-refractivity contribution in [1.29, 1.82) is 0 Å². The Morgan fingerprint density at radius 2 is 2.11 bits per heavy atom. The average Bonchev–Trinajstić information content (AvgIpc) is 2.86. The summed E-state index contributed by atoms with van der Waals surface area (Å²) in [6.07, 6.45) is 6.97. The molecule has 112 valence electrons. The molecule has 1 aliphatic heterocycles. The zero-order chi connectivity index (χ0) is 13.2. The number of nitrogens with two attached hydrogens (primary N) is 1. The molecular weight excluding hydrogens is 260 g/mol. The highest BCUT2D eigenvalue weighted by Crippen LogP contribution is 2.37. The third kappa shape index (κ3) is 3.63. The van der Waals surface area contributed by atoms with E-state index in [4.69, 9.17) is 5.73 Å². The molecule has 4 heteroatoms. The summed E-state index contributed by atoms with van der Waals surface area (Å²) in [7, 11) is 0. The van der Waals surface area contributed by atoms with E-state index >= 15 is 0 Å². The Morgan fingerprint density at radius 3 is 2.74 bits per heavy atom. The topological polar surface area (TPSA) is 46.3 Å². The Hall–Kier alpha value is -0.280. The number of carbonyl (C=O) groups is 1. The van der Waals surface area contributed by atoms with Gasteiger partial charge in [0.05, 0.1) is 0 Å². The van der Waals surface area contributed by atoms with E-state index in [0.717, 1.165) is 32.4 Å². The highest BCUT2D eigenvalue weighted by atomic mass is 35.5. The maximum atomic E-state index is 12.6.